The van der Waals surface area contributed by atoms with Crippen LogP contribution in [0.1, 0.15) is 12.5 Å². The van der Waals surface area contributed by atoms with Gasteiger partial charge >= 0.3 is 0 Å². The highest BCUT2D eigenvalue weighted by Gasteiger charge is 2.54. The lowest BCUT2D eigenvalue weighted by atomic mass is 10.1. The van der Waals surface area contributed by atoms with Crippen LogP contribution in [0.5, 0.6) is 0 Å². The molecular formula is C20H16ClN3O3. The van der Waals surface area contributed by atoms with E-state index in [4.69, 9.17) is 11.6 Å². The number of nitrogens with zero attached hydrogens (tertiary/aromatic N) is 2. The number of carbonyl (C=O) groups excluding carboxylic acids is 3. The van der Waals surface area contributed by atoms with Crippen LogP contribution >= 0.6 is 11.6 Å². The predicted octanol–water partition coefficient (Wildman–Crippen LogP) is 2.76. The number of para-hydroxylation sites is 2. The number of halogens is 1. The van der Waals surface area contributed by atoms with Crippen LogP contribution in [0.25, 0.3) is 0 Å². The first-order valence-corrected chi connectivity index (χ1v) is 8.79. The molecule has 136 valence electrons. The first kappa shape index (κ1) is 17.3. The number of amides is 2. The number of ketones is 1. The van der Waals surface area contributed by atoms with Crippen molar-refractivity contribution < 1.29 is 14.4 Å². The molecule has 0 aliphatic carbocycles. The van der Waals surface area contributed by atoms with Gasteiger partial charge in [-0.25, -0.2) is 4.90 Å². The van der Waals surface area contributed by atoms with Crippen LogP contribution in [-0.4, -0.2) is 23.6 Å². The number of hydrogen-bond acceptors (Lipinski definition) is 5. The number of nitrogens with one attached hydrogen (secondary N) is 1. The van der Waals surface area contributed by atoms with Crippen molar-refractivity contribution in [3.8, 4) is 0 Å². The molecule has 2 aromatic rings. The van der Waals surface area contributed by atoms with Crippen molar-refractivity contribution in [3.05, 3.63) is 70.4 Å². The Labute approximate surface area is 161 Å². The number of fused-ring (bicyclic) bond motifs is 1. The molecule has 1 saturated heterocycles. The van der Waals surface area contributed by atoms with Crippen LogP contribution in [0.3, 0.4) is 0 Å². The minimum Gasteiger partial charge on any atom is -0.293 e. The van der Waals surface area contributed by atoms with E-state index in [1.54, 1.807) is 29.3 Å². The maximum atomic E-state index is 13.2. The second-order valence-corrected chi connectivity index (χ2v) is 6.85. The van der Waals surface area contributed by atoms with Crippen molar-refractivity contribution in [3.63, 3.8) is 0 Å². The normalized spacial score (nSPS) is 18.9. The Bertz CT molecular complexity index is 1030. The highest BCUT2D eigenvalue weighted by Crippen LogP contribution is 2.39. The minimum atomic E-state index is -0.922. The number of imide groups is 1. The monoisotopic (exact) mass is 381 g/mol. The third kappa shape index (κ3) is 2.52. The summed E-state index contributed by atoms with van der Waals surface area (Å²) in [4.78, 5) is 39.5. The first-order valence-electron chi connectivity index (χ1n) is 8.41. The molecule has 1 N–H and O–H groups in total. The maximum Gasteiger partial charge on any atom is 0.266 e. The number of allylic oxidation sites excluding steroid dienone is 1. The Morgan fingerprint density at radius 1 is 1.04 bits per heavy atom. The Hall–Kier alpha value is -3.12. The van der Waals surface area contributed by atoms with E-state index < -0.39 is 17.9 Å². The lowest BCUT2D eigenvalue weighted by Gasteiger charge is -2.27. The molecule has 2 aliphatic rings. The van der Waals surface area contributed by atoms with Gasteiger partial charge in [0.15, 0.2) is 11.8 Å². The van der Waals surface area contributed by atoms with Gasteiger partial charge in [-0.2, -0.15) is 0 Å². The largest absolute Gasteiger partial charge is 0.293 e. The summed E-state index contributed by atoms with van der Waals surface area (Å²) >= 11 is 6.21. The lowest BCUT2D eigenvalue weighted by molar-refractivity contribution is -0.121. The van der Waals surface area contributed by atoms with E-state index in [1.165, 1.54) is 6.92 Å². The number of hydrazine groups is 1. The highest BCUT2D eigenvalue weighted by molar-refractivity contribution is 6.39. The van der Waals surface area contributed by atoms with Crippen LogP contribution in [0, 0.1) is 6.92 Å². The summed E-state index contributed by atoms with van der Waals surface area (Å²) in [6.45, 7) is 3.26. The van der Waals surface area contributed by atoms with Crippen LogP contribution in [0.4, 0.5) is 11.4 Å². The van der Waals surface area contributed by atoms with E-state index in [-0.39, 0.29) is 17.1 Å². The summed E-state index contributed by atoms with van der Waals surface area (Å²) in [7, 11) is 0. The molecular weight excluding hydrogens is 366 g/mol. The van der Waals surface area contributed by atoms with Crippen molar-refractivity contribution in [2.75, 3.05) is 9.91 Å². The average molecular weight is 382 g/mol. The zero-order chi connectivity index (χ0) is 19.3. The number of anilines is 2. The molecule has 0 aromatic heterocycles. The number of hydrogen-bond donors (Lipinski definition) is 1. The van der Waals surface area contributed by atoms with Crippen molar-refractivity contribution in [2.45, 2.75) is 19.9 Å². The quantitative estimate of drug-likeness (QED) is 0.828. The van der Waals surface area contributed by atoms with Gasteiger partial charge in [0.2, 0.25) is 0 Å². The molecule has 7 heteroatoms. The van der Waals surface area contributed by atoms with Crippen molar-refractivity contribution >= 4 is 40.6 Å². The van der Waals surface area contributed by atoms with Gasteiger partial charge in [0.25, 0.3) is 11.8 Å². The van der Waals surface area contributed by atoms with Gasteiger partial charge in [-0.1, -0.05) is 41.9 Å². The van der Waals surface area contributed by atoms with Gasteiger partial charge < -0.3 is 0 Å². The SMILES string of the molecule is CC(=O)C1=C2C(=O)N(c3ccccc3Cl)C(=O)C2N(c2ccccc2C)N1. The molecule has 6 nitrogen and oxygen atoms in total. The van der Waals surface area contributed by atoms with Crippen LogP contribution in [0.2, 0.25) is 5.02 Å². The van der Waals surface area contributed by atoms with E-state index in [0.717, 1.165) is 16.2 Å². The molecule has 0 radical (unpaired) electrons. The van der Waals surface area contributed by atoms with Gasteiger partial charge in [0.1, 0.15) is 5.70 Å². The third-order valence-corrected chi connectivity index (χ3v) is 5.06. The fourth-order valence-electron chi connectivity index (χ4n) is 3.47. The topological polar surface area (TPSA) is 69.7 Å². The number of carbonyl (C=O) groups is 3. The second-order valence-electron chi connectivity index (χ2n) is 6.45. The molecule has 0 saturated carbocycles. The van der Waals surface area contributed by atoms with Crippen molar-refractivity contribution in [2.24, 2.45) is 0 Å². The molecule has 2 aliphatic heterocycles. The smallest absolute Gasteiger partial charge is 0.266 e. The molecule has 0 bridgehead atoms. The molecule has 1 atom stereocenters. The summed E-state index contributed by atoms with van der Waals surface area (Å²) in [5.41, 5.74) is 5.18. The molecule has 2 amide bonds. The summed E-state index contributed by atoms with van der Waals surface area (Å²) in [5.74, 6) is -1.30. The van der Waals surface area contributed by atoms with Gasteiger partial charge in [-0.3, -0.25) is 24.8 Å². The molecule has 2 aromatic carbocycles. The van der Waals surface area contributed by atoms with E-state index in [1.807, 2.05) is 31.2 Å². The molecule has 1 unspecified atom stereocenters. The van der Waals surface area contributed by atoms with E-state index in [0.29, 0.717) is 10.7 Å². The van der Waals surface area contributed by atoms with Crippen LogP contribution in [-0.2, 0) is 14.4 Å². The number of rotatable bonds is 3. The van der Waals surface area contributed by atoms with Gasteiger partial charge in [0, 0.05) is 6.92 Å². The summed E-state index contributed by atoms with van der Waals surface area (Å²) in [6.07, 6.45) is 0. The zero-order valence-corrected chi connectivity index (χ0v) is 15.4. The van der Waals surface area contributed by atoms with E-state index in [9.17, 15) is 14.4 Å². The first-order chi connectivity index (χ1) is 12.9. The lowest BCUT2D eigenvalue weighted by Crippen LogP contribution is -2.46. The standard InChI is InChI=1S/C20H16ClN3O3/c1-11-7-3-5-9-14(11)24-18-16(17(22-24)12(2)25)19(26)23(20(18)27)15-10-6-4-8-13(15)21/h3-10,18,22H,1-2H3. The summed E-state index contributed by atoms with van der Waals surface area (Å²) in [5, 5.41) is 1.87. The zero-order valence-electron chi connectivity index (χ0n) is 14.7. The van der Waals surface area contributed by atoms with Crippen LogP contribution < -0.4 is 15.3 Å². The fraction of sp³-hybridized carbons (Fsp3) is 0.150. The molecule has 2 heterocycles. The minimum absolute atomic E-state index is 0.135. The highest BCUT2D eigenvalue weighted by atomic mass is 35.5. The Kier molecular flexibility index (Phi) is 4.00. The van der Waals surface area contributed by atoms with Gasteiger partial charge in [-0.15, -0.1) is 0 Å². The fourth-order valence-corrected chi connectivity index (χ4v) is 3.69. The second kappa shape index (κ2) is 6.25. The summed E-state index contributed by atoms with van der Waals surface area (Å²) in [6, 6.07) is 13.2. The van der Waals surface area contributed by atoms with Crippen molar-refractivity contribution in [1.82, 2.24) is 5.43 Å². The molecule has 0 spiro atoms. The Balaban J connectivity index is 1.87. The molecule has 1 fully saturated rings. The molecule has 4 rings (SSSR count). The Morgan fingerprint density at radius 3 is 2.30 bits per heavy atom. The third-order valence-electron chi connectivity index (χ3n) is 4.74. The predicted molar refractivity (Wildman–Crippen MR) is 102 cm³/mol. The van der Waals surface area contributed by atoms with E-state index >= 15 is 0 Å². The summed E-state index contributed by atoms with van der Waals surface area (Å²) < 4.78 is 0. The maximum absolute atomic E-state index is 13.2. The number of Topliss-reactive ketones (excluding diaryl/α,β-unsaturated/α-hetero) is 1. The van der Waals surface area contributed by atoms with Gasteiger partial charge in [-0.05, 0) is 30.7 Å². The number of aryl methyl sites for hydroxylation is 1. The van der Waals surface area contributed by atoms with Crippen molar-refractivity contribution in [1.29, 1.82) is 0 Å². The average Bonchev–Trinajstić information content (AvgIpc) is 3.14. The molecule has 27 heavy (non-hydrogen) atoms. The van der Waals surface area contributed by atoms with Gasteiger partial charge in [0.05, 0.1) is 22.0 Å². The Morgan fingerprint density at radius 2 is 1.67 bits per heavy atom. The van der Waals surface area contributed by atoms with E-state index in [2.05, 4.69) is 5.43 Å². The van der Waals surface area contributed by atoms with Crippen LogP contribution in [0.15, 0.2) is 59.8 Å². The number of benzene rings is 2.